The zero-order valence-electron chi connectivity index (χ0n) is 17.4. The lowest BCUT2D eigenvalue weighted by molar-refractivity contribution is -0.145. The molecule has 4 heteroatoms. The monoisotopic (exact) mass is 431 g/mol. The predicted molar refractivity (Wildman–Crippen MR) is 124 cm³/mol. The third-order valence-electron chi connectivity index (χ3n) is 5.50. The summed E-state index contributed by atoms with van der Waals surface area (Å²) in [6.07, 6.45) is 6.59. The summed E-state index contributed by atoms with van der Waals surface area (Å²) in [6.45, 7) is 8.13. The molecule has 3 rings (SSSR count). The number of carbonyl (C=O) groups is 1. The summed E-state index contributed by atoms with van der Waals surface area (Å²) < 4.78 is 0. The van der Waals surface area contributed by atoms with Crippen molar-refractivity contribution < 1.29 is 4.79 Å². The number of allylic oxidation sites excluding steroid dienone is 1. The Bertz CT molecular complexity index is 756. The van der Waals surface area contributed by atoms with Crippen molar-refractivity contribution in [1.82, 2.24) is 4.90 Å². The first-order valence-corrected chi connectivity index (χ1v) is 11.2. The van der Waals surface area contributed by atoms with Gasteiger partial charge in [-0.15, -0.1) is 6.58 Å². The molecule has 0 aliphatic carbocycles. The molecule has 2 unspecified atom stereocenters. The normalized spacial score (nSPS) is 18.9. The molecule has 1 aliphatic heterocycles. The number of hydrogen-bond acceptors (Lipinski definition) is 1. The van der Waals surface area contributed by atoms with Crippen LogP contribution in [0, 0.1) is 5.92 Å². The van der Waals surface area contributed by atoms with Crippen molar-refractivity contribution in [3.8, 4) is 0 Å². The molecule has 1 fully saturated rings. The topological polar surface area (TPSA) is 20.3 Å². The molecule has 2 aromatic rings. The molecule has 1 heterocycles. The van der Waals surface area contributed by atoms with Crippen molar-refractivity contribution in [3.05, 3.63) is 82.9 Å². The van der Waals surface area contributed by atoms with Gasteiger partial charge in [-0.3, -0.25) is 4.79 Å². The molecule has 29 heavy (non-hydrogen) atoms. The molecule has 0 bridgehead atoms. The molecular weight excluding hydrogens is 401 g/mol. The summed E-state index contributed by atoms with van der Waals surface area (Å²) in [6, 6.07) is 17.9. The lowest BCUT2D eigenvalue weighted by Gasteiger charge is -2.44. The van der Waals surface area contributed by atoms with Crippen molar-refractivity contribution in [2.45, 2.75) is 58.0 Å². The Labute approximate surface area is 185 Å². The van der Waals surface area contributed by atoms with E-state index < -0.39 is 0 Å². The molecule has 0 aromatic heterocycles. The molecule has 0 N–H and O–H groups in total. The van der Waals surface area contributed by atoms with Gasteiger partial charge in [0, 0.05) is 22.0 Å². The van der Waals surface area contributed by atoms with Crippen LogP contribution in [0.4, 0.5) is 0 Å². The van der Waals surface area contributed by atoms with Crippen LogP contribution in [0.1, 0.15) is 57.6 Å². The molecule has 2 atom stereocenters. The van der Waals surface area contributed by atoms with Crippen LogP contribution in [0.3, 0.4) is 0 Å². The lowest BCUT2D eigenvalue weighted by Crippen LogP contribution is -2.48. The van der Waals surface area contributed by atoms with Crippen LogP contribution in [-0.4, -0.2) is 16.8 Å². The molecule has 156 valence electrons. The van der Waals surface area contributed by atoms with Gasteiger partial charge >= 0.3 is 0 Å². The molecule has 1 saturated heterocycles. The van der Waals surface area contributed by atoms with Crippen LogP contribution in [0.5, 0.6) is 0 Å². The van der Waals surface area contributed by atoms with Gasteiger partial charge < -0.3 is 4.90 Å². The predicted octanol–water partition coefficient (Wildman–Crippen LogP) is 7.72. The Balaban J connectivity index is 0.000000360. The highest BCUT2D eigenvalue weighted by atomic mass is 35.5. The molecule has 2 nitrogen and oxygen atoms in total. The van der Waals surface area contributed by atoms with Gasteiger partial charge in [-0.2, -0.15) is 0 Å². The quantitative estimate of drug-likeness (QED) is 0.428. The molecule has 1 aliphatic rings. The molecule has 0 saturated carbocycles. The number of halogens is 2. The highest BCUT2D eigenvalue weighted by molar-refractivity contribution is 6.30. The second-order valence-electron chi connectivity index (χ2n) is 7.38. The molecular formula is C25H31Cl2NO. The van der Waals surface area contributed by atoms with Gasteiger partial charge in [0.2, 0.25) is 5.91 Å². The van der Waals surface area contributed by atoms with Crippen molar-refractivity contribution >= 4 is 29.1 Å². The van der Waals surface area contributed by atoms with Gasteiger partial charge in [0.05, 0.1) is 6.04 Å². The minimum absolute atomic E-state index is 0.0988. The first-order valence-electron chi connectivity index (χ1n) is 10.4. The van der Waals surface area contributed by atoms with Gasteiger partial charge in [0.15, 0.2) is 0 Å². The van der Waals surface area contributed by atoms with E-state index in [1.54, 1.807) is 0 Å². The second kappa shape index (κ2) is 12.0. The summed E-state index contributed by atoms with van der Waals surface area (Å²) in [5, 5.41) is 1.53. The summed E-state index contributed by atoms with van der Waals surface area (Å²) in [5.74, 6) is 0.390. The number of benzene rings is 2. The van der Waals surface area contributed by atoms with E-state index >= 15 is 0 Å². The SMILES string of the molecule is C=CCC1CCC(c2ccc(Cl)cc2)N(C(CC)CC)C1=O.Clc1ccccc1. The van der Waals surface area contributed by atoms with Gasteiger partial charge in [0.25, 0.3) is 0 Å². The average molecular weight is 432 g/mol. The maximum atomic E-state index is 13.0. The van der Waals surface area contributed by atoms with Gasteiger partial charge in [-0.25, -0.2) is 0 Å². The maximum absolute atomic E-state index is 13.0. The van der Waals surface area contributed by atoms with Crippen LogP contribution in [0.2, 0.25) is 10.0 Å². The average Bonchev–Trinajstić information content (AvgIpc) is 2.73. The Morgan fingerprint density at radius 3 is 2.07 bits per heavy atom. The first kappa shape index (κ1) is 23.5. The fraction of sp³-hybridized carbons (Fsp3) is 0.400. The molecule has 1 amide bonds. The minimum Gasteiger partial charge on any atom is -0.332 e. The van der Waals surface area contributed by atoms with E-state index in [4.69, 9.17) is 23.2 Å². The fourth-order valence-corrected chi connectivity index (χ4v) is 4.22. The van der Waals surface area contributed by atoms with Crippen molar-refractivity contribution in [2.75, 3.05) is 0 Å². The van der Waals surface area contributed by atoms with Crippen molar-refractivity contribution in [2.24, 2.45) is 5.92 Å². The largest absolute Gasteiger partial charge is 0.332 e. The molecule has 0 spiro atoms. The zero-order chi connectivity index (χ0) is 21.2. The van der Waals surface area contributed by atoms with E-state index in [2.05, 4.69) is 37.5 Å². The van der Waals surface area contributed by atoms with Crippen LogP contribution in [0.25, 0.3) is 0 Å². The first-order chi connectivity index (χ1) is 14.0. The Hall–Kier alpha value is -1.77. The molecule has 2 aromatic carbocycles. The fourth-order valence-electron chi connectivity index (χ4n) is 3.95. The van der Waals surface area contributed by atoms with Crippen LogP contribution >= 0.6 is 23.2 Å². The number of likely N-dealkylation sites (tertiary alicyclic amines) is 1. The van der Waals surface area contributed by atoms with E-state index in [1.165, 1.54) is 5.56 Å². The number of amides is 1. The van der Waals surface area contributed by atoms with Crippen molar-refractivity contribution in [3.63, 3.8) is 0 Å². The van der Waals surface area contributed by atoms with Gasteiger partial charge in [-0.05, 0) is 61.9 Å². The zero-order valence-corrected chi connectivity index (χ0v) is 18.9. The summed E-state index contributed by atoms with van der Waals surface area (Å²) in [7, 11) is 0. The number of nitrogens with zero attached hydrogens (tertiary/aromatic N) is 1. The number of piperidine rings is 1. The van der Waals surface area contributed by atoms with Crippen LogP contribution in [0.15, 0.2) is 67.3 Å². The van der Waals surface area contributed by atoms with Gasteiger partial charge in [-0.1, -0.05) is 73.5 Å². The third kappa shape index (κ3) is 6.62. The maximum Gasteiger partial charge on any atom is 0.226 e. The molecule has 0 radical (unpaired) electrons. The van der Waals surface area contributed by atoms with Crippen molar-refractivity contribution in [1.29, 1.82) is 0 Å². The van der Waals surface area contributed by atoms with Crippen LogP contribution < -0.4 is 0 Å². The van der Waals surface area contributed by atoms with E-state index in [1.807, 2.05) is 48.5 Å². The Kier molecular flexibility index (Phi) is 9.76. The lowest BCUT2D eigenvalue weighted by atomic mass is 9.85. The van der Waals surface area contributed by atoms with E-state index in [-0.39, 0.29) is 12.0 Å². The summed E-state index contributed by atoms with van der Waals surface area (Å²) >= 11 is 11.5. The third-order valence-corrected chi connectivity index (χ3v) is 6.01. The Morgan fingerprint density at radius 1 is 1.00 bits per heavy atom. The summed E-state index contributed by atoms with van der Waals surface area (Å²) in [5.41, 5.74) is 1.20. The number of rotatable bonds is 6. The smallest absolute Gasteiger partial charge is 0.226 e. The van der Waals surface area contributed by atoms with E-state index in [0.29, 0.717) is 11.9 Å². The summed E-state index contributed by atoms with van der Waals surface area (Å²) in [4.78, 5) is 15.1. The minimum atomic E-state index is 0.0988. The number of hydrogen-bond donors (Lipinski definition) is 0. The number of carbonyl (C=O) groups excluding carboxylic acids is 1. The van der Waals surface area contributed by atoms with Gasteiger partial charge in [0.1, 0.15) is 0 Å². The highest BCUT2D eigenvalue weighted by Gasteiger charge is 2.38. The van der Waals surface area contributed by atoms with E-state index in [0.717, 1.165) is 42.1 Å². The Morgan fingerprint density at radius 2 is 1.59 bits per heavy atom. The van der Waals surface area contributed by atoms with E-state index in [9.17, 15) is 4.79 Å². The highest BCUT2D eigenvalue weighted by Crippen LogP contribution is 2.38. The second-order valence-corrected chi connectivity index (χ2v) is 8.25. The van der Waals surface area contributed by atoms with Crippen LogP contribution in [-0.2, 0) is 4.79 Å². The standard InChI is InChI=1S/C19H26ClNO.C6H5Cl/c1-4-7-15-10-13-18(14-8-11-16(20)12-9-14)21(19(15)22)17(5-2)6-3;7-6-4-2-1-3-5-6/h4,8-9,11-12,15,17-18H,1,5-7,10,13H2,2-3H3;1-5H.